The molecular weight excluding hydrogens is 300 g/mol. The number of hydrogen-bond donors (Lipinski definition) is 3. The molecule has 1 heterocycles. The van der Waals surface area contributed by atoms with Crippen LogP contribution in [0.4, 0.5) is 11.4 Å². The van der Waals surface area contributed by atoms with Gasteiger partial charge in [0.25, 0.3) is 0 Å². The van der Waals surface area contributed by atoms with Crippen LogP contribution in [0.25, 0.3) is 5.57 Å². The van der Waals surface area contributed by atoms with E-state index < -0.39 is 0 Å². The van der Waals surface area contributed by atoms with E-state index in [2.05, 4.69) is 15.6 Å². The van der Waals surface area contributed by atoms with Crippen molar-refractivity contribution in [2.45, 2.75) is 32.7 Å². The molecule has 6 heteroatoms. The molecule has 1 aliphatic rings. The summed E-state index contributed by atoms with van der Waals surface area (Å²) >= 11 is 6.18. The van der Waals surface area contributed by atoms with Gasteiger partial charge in [0, 0.05) is 41.5 Å². The average molecular weight is 321 g/mol. The summed E-state index contributed by atoms with van der Waals surface area (Å²) in [5.74, 6) is -0.0406. The summed E-state index contributed by atoms with van der Waals surface area (Å²) in [6, 6.07) is 3.55. The number of anilines is 2. The second kappa shape index (κ2) is 6.40. The van der Waals surface area contributed by atoms with Gasteiger partial charge >= 0.3 is 0 Å². The van der Waals surface area contributed by atoms with E-state index in [0.717, 1.165) is 16.8 Å². The van der Waals surface area contributed by atoms with Gasteiger partial charge in [-0.15, -0.1) is 0 Å². The number of nitrogens with one attached hydrogen (secondary N) is 2. The van der Waals surface area contributed by atoms with Gasteiger partial charge < -0.3 is 16.4 Å². The summed E-state index contributed by atoms with van der Waals surface area (Å²) in [5.41, 5.74) is 8.61. The Labute approximate surface area is 135 Å². The van der Waals surface area contributed by atoms with Crippen LogP contribution in [0.1, 0.15) is 32.8 Å². The zero-order valence-corrected chi connectivity index (χ0v) is 13.8. The third-order valence-electron chi connectivity index (χ3n) is 3.11. The minimum atomic E-state index is -0.203. The molecule has 0 aromatic heterocycles. The van der Waals surface area contributed by atoms with Crippen molar-refractivity contribution < 1.29 is 4.79 Å². The number of benzene rings is 1. The van der Waals surface area contributed by atoms with E-state index >= 15 is 0 Å². The number of hydrogen-bond acceptors (Lipinski definition) is 4. The summed E-state index contributed by atoms with van der Waals surface area (Å²) in [4.78, 5) is 16.2. The van der Waals surface area contributed by atoms with Gasteiger partial charge in [0.1, 0.15) is 0 Å². The Bertz CT molecular complexity index is 644. The molecular formula is C16H21ClN4O. The maximum Gasteiger partial charge on any atom is 0.226 e. The summed E-state index contributed by atoms with van der Waals surface area (Å²) in [7, 11) is 0. The molecule has 1 aromatic rings. The molecule has 118 valence electrons. The third-order valence-corrected chi connectivity index (χ3v) is 3.33. The van der Waals surface area contributed by atoms with Crippen LogP contribution in [0.3, 0.4) is 0 Å². The zero-order chi connectivity index (χ0) is 16.3. The molecule has 0 bridgehead atoms. The van der Waals surface area contributed by atoms with Gasteiger partial charge in [-0.05, 0) is 32.9 Å². The van der Waals surface area contributed by atoms with Crippen molar-refractivity contribution in [1.82, 2.24) is 0 Å². The Morgan fingerprint density at radius 1 is 1.41 bits per heavy atom. The Morgan fingerprint density at radius 3 is 2.77 bits per heavy atom. The lowest BCUT2D eigenvalue weighted by Crippen LogP contribution is -2.10. The van der Waals surface area contributed by atoms with E-state index in [0.29, 0.717) is 23.7 Å². The van der Waals surface area contributed by atoms with E-state index in [1.54, 1.807) is 12.3 Å². The lowest BCUT2D eigenvalue weighted by molar-refractivity contribution is -0.115. The standard InChI is InChI=1S/C16H21ClN4O/c1-16(2,3)20-9-10(8-18)12-6-11(17)7-13-15(12)19-5-4-14(22)21-13/h6-9,19H,4-5,18H2,1-3H3,(H,21,22). The first-order valence-electron chi connectivity index (χ1n) is 7.15. The lowest BCUT2D eigenvalue weighted by atomic mass is 10.0. The average Bonchev–Trinajstić information content (AvgIpc) is 2.58. The first-order chi connectivity index (χ1) is 10.3. The smallest absolute Gasteiger partial charge is 0.226 e. The highest BCUT2D eigenvalue weighted by Gasteiger charge is 2.18. The molecule has 0 saturated heterocycles. The Kier molecular flexibility index (Phi) is 4.76. The number of fused-ring (bicyclic) bond motifs is 1. The van der Waals surface area contributed by atoms with Gasteiger partial charge in [0.15, 0.2) is 0 Å². The molecule has 0 radical (unpaired) electrons. The maximum absolute atomic E-state index is 11.7. The number of aliphatic imine (C=N–C) groups is 1. The van der Waals surface area contributed by atoms with E-state index in [-0.39, 0.29) is 11.4 Å². The Balaban J connectivity index is 2.50. The molecule has 0 aliphatic carbocycles. The molecule has 4 N–H and O–H groups in total. The maximum atomic E-state index is 11.7. The zero-order valence-electron chi connectivity index (χ0n) is 13.0. The molecule has 2 rings (SSSR count). The van der Waals surface area contributed by atoms with Gasteiger partial charge in [0.2, 0.25) is 5.91 Å². The highest BCUT2D eigenvalue weighted by molar-refractivity contribution is 6.32. The molecule has 0 saturated carbocycles. The van der Waals surface area contributed by atoms with Gasteiger partial charge in [-0.3, -0.25) is 9.79 Å². The van der Waals surface area contributed by atoms with Crippen LogP contribution in [0.2, 0.25) is 5.02 Å². The van der Waals surface area contributed by atoms with E-state index in [9.17, 15) is 4.79 Å². The van der Waals surface area contributed by atoms with Crippen LogP contribution in [0.15, 0.2) is 23.3 Å². The normalized spacial score (nSPS) is 16.0. The fraction of sp³-hybridized carbons (Fsp3) is 0.375. The number of nitrogens with two attached hydrogens (primary N) is 1. The van der Waals surface area contributed by atoms with Crippen LogP contribution in [0.5, 0.6) is 0 Å². The second-order valence-corrected chi connectivity index (χ2v) is 6.59. The molecule has 5 nitrogen and oxygen atoms in total. The van der Waals surface area contributed by atoms with Crippen molar-refractivity contribution in [3.05, 3.63) is 28.9 Å². The third kappa shape index (κ3) is 4.01. The second-order valence-electron chi connectivity index (χ2n) is 6.15. The molecule has 0 fully saturated rings. The number of rotatable bonds is 2. The predicted molar refractivity (Wildman–Crippen MR) is 93.6 cm³/mol. The predicted octanol–water partition coefficient (Wildman–Crippen LogP) is 3.26. The number of amides is 1. The van der Waals surface area contributed by atoms with Crippen molar-refractivity contribution in [2.24, 2.45) is 10.7 Å². The van der Waals surface area contributed by atoms with Gasteiger partial charge in [0.05, 0.1) is 16.9 Å². The SMILES string of the molecule is CC(C)(C)N=CC(=CN)c1cc(Cl)cc2c1NCCC(=O)N2. The van der Waals surface area contributed by atoms with Crippen LogP contribution >= 0.6 is 11.6 Å². The molecule has 1 amide bonds. The van der Waals surface area contributed by atoms with Gasteiger partial charge in [-0.2, -0.15) is 0 Å². The highest BCUT2D eigenvalue weighted by atomic mass is 35.5. The van der Waals surface area contributed by atoms with Crippen LogP contribution in [-0.4, -0.2) is 24.2 Å². The fourth-order valence-corrected chi connectivity index (χ4v) is 2.32. The first kappa shape index (κ1) is 16.4. The van der Waals surface area contributed by atoms with E-state index in [4.69, 9.17) is 17.3 Å². The van der Waals surface area contributed by atoms with E-state index in [1.165, 1.54) is 6.20 Å². The summed E-state index contributed by atoms with van der Waals surface area (Å²) in [6.07, 6.45) is 3.64. The summed E-state index contributed by atoms with van der Waals surface area (Å²) in [5, 5.41) is 6.65. The summed E-state index contributed by atoms with van der Waals surface area (Å²) in [6.45, 7) is 6.58. The highest BCUT2D eigenvalue weighted by Crippen LogP contribution is 2.35. The van der Waals surface area contributed by atoms with Crippen LogP contribution in [-0.2, 0) is 4.79 Å². The molecule has 0 unspecified atom stereocenters. The molecule has 22 heavy (non-hydrogen) atoms. The van der Waals surface area contributed by atoms with Gasteiger partial charge in [-0.25, -0.2) is 0 Å². The lowest BCUT2D eigenvalue weighted by Gasteiger charge is -2.16. The number of carbonyl (C=O) groups is 1. The number of halogens is 1. The van der Waals surface area contributed by atoms with E-state index in [1.807, 2.05) is 26.8 Å². The molecule has 1 aromatic carbocycles. The van der Waals surface area contributed by atoms with Crippen molar-refractivity contribution in [3.63, 3.8) is 0 Å². The van der Waals surface area contributed by atoms with Crippen molar-refractivity contribution in [2.75, 3.05) is 17.2 Å². The number of carbonyl (C=O) groups excluding carboxylic acids is 1. The van der Waals surface area contributed by atoms with Crippen LogP contribution < -0.4 is 16.4 Å². The largest absolute Gasteiger partial charge is 0.404 e. The Hall–Kier alpha value is -2.01. The number of allylic oxidation sites excluding steroid dienone is 1. The van der Waals surface area contributed by atoms with Crippen molar-refractivity contribution in [1.29, 1.82) is 0 Å². The van der Waals surface area contributed by atoms with Crippen molar-refractivity contribution >= 4 is 40.7 Å². The molecule has 1 aliphatic heterocycles. The van der Waals surface area contributed by atoms with Gasteiger partial charge in [-0.1, -0.05) is 11.6 Å². The first-order valence-corrected chi connectivity index (χ1v) is 7.53. The quantitative estimate of drug-likeness (QED) is 0.732. The van der Waals surface area contributed by atoms with Crippen molar-refractivity contribution in [3.8, 4) is 0 Å². The monoisotopic (exact) mass is 320 g/mol. The Morgan fingerprint density at radius 2 is 2.14 bits per heavy atom. The van der Waals surface area contributed by atoms with Crippen LogP contribution in [0, 0.1) is 0 Å². The molecule has 0 atom stereocenters. The topological polar surface area (TPSA) is 79.5 Å². The summed E-state index contributed by atoms with van der Waals surface area (Å²) < 4.78 is 0. The fourth-order valence-electron chi connectivity index (χ4n) is 2.10. The minimum absolute atomic E-state index is 0.0406. The number of nitrogens with zero attached hydrogens (tertiary/aromatic N) is 1. The minimum Gasteiger partial charge on any atom is -0.404 e. The molecule has 0 spiro atoms.